The fourth-order valence-electron chi connectivity index (χ4n) is 3.03. The Balaban J connectivity index is 1.59. The van der Waals surface area contributed by atoms with E-state index >= 15 is 0 Å². The van der Waals surface area contributed by atoms with Crippen LogP contribution in [0.25, 0.3) is 11.3 Å². The molecule has 0 atom stereocenters. The van der Waals surface area contributed by atoms with Crippen LogP contribution in [0, 0.1) is 11.6 Å². The predicted molar refractivity (Wildman–Crippen MR) is 87.2 cm³/mol. The van der Waals surface area contributed by atoms with Gasteiger partial charge in [-0.3, -0.25) is 0 Å². The highest BCUT2D eigenvalue weighted by molar-refractivity contribution is 7.11. The van der Waals surface area contributed by atoms with Crippen molar-refractivity contribution in [3.63, 3.8) is 0 Å². The number of anilines is 1. The second-order valence-corrected chi connectivity index (χ2v) is 6.97. The topological polar surface area (TPSA) is 25.4 Å². The van der Waals surface area contributed by atoms with Gasteiger partial charge in [0.2, 0.25) is 0 Å². The van der Waals surface area contributed by atoms with Gasteiger partial charge in [-0.2, -0.15) is 0 Å². The molecule has 0 bridgehead atoms. The van der Waals surface area contributed by atoms with E-state index in [4.69, 9.17) is 4.74 Å². The number of thiazole rings is 1. The Morgan fingerprint density at radius 1 is 1.09 bits per heavy atom. The molecule has 2 aliphatic rings. The van der Waals surface area contributed by atoms with Gasteiger partial charge in [-0.05, 0) is 44.2 Å². The summed E-state index contributed by atoms with van der Waals surface area (Å²) >= 11 is 1.37. The maximum Gasteiger partial charge on any atom is 0.273 e. The van der Waals surface area contributed by atoms with Crippen molar-refractivity contribution < 1.29 is 13.5 Å². The molecule has 1 aromatic heterocycles. The highest BCUT2D eigenvalue weighted by Gasteiger charge is 2.23. The largest absolute Gasteiger partial charge is 0.467 e. The first-order chi connectivity index (χ1) is 11.2. The van der Waals surface area contributed by atoms with E-state index in [9.17, 15) is 8.78 Å². The molecule has 23 heavy (non-hydrogen) atoms. The Bertz CT molecular complexity index is 685. The van der Waals surface area contributed by atoms with Crippen LogP contribution in [0.3, 0.4) is 0 Å². The van der Waals surface area contributed by atoms with Gasteiger partial charge in [-0.15, -0.1) is 0 Å². The van der Waals surface area contributed by atoms with Crippen molar-refractivity contribution in [2.45, 2.75) is 38.2 Å². The predicted octanol–water partition coefficient (Wildman–Crippen LogP) is 4.62. The minimum atomic E-state index is -0.517. The number of hydrogen-bond donors (Lipinski definition) is 0. The van der Waals surface area contributed by atoms with E-state index in [1.54, 1.807) is 10.3 Å². The smallest absolute Gasteiger partial charge is 0.273 e. The van der Waals surface area contributed by atoms with Crippen LogP contribution in [0.2, 0.25) is 0 Å². The molecule has 1 saturated heterocycles. The van der Waals surface area contributed by atoms with Crippen LogP contribution in [-0.2, 0) is 0 Å². The molecule has 0 spiro atoms. The van der Waals surface area contributed by atoms with E-state index in [0.29, 0.717) is 29.5 Å². The van der Waals surface area contributed by atoms with Crippen molar-refractivity contribution in [2.75, 3.05) is 18.0 Å². The quantitative estimate of drug-likeness (QED) is 0.814. The van der Waals surface area contributed by atoms with Crippen molar-refractivity contribution in [1.82, 2.24) is 4.98 Å². The highest BCUT2D eigenvalue weighted by atomic mass is 32.1. The fourth-order valence-corrected chi connectivity index (χ4v) is 3.78. The molecule has 1 saturated carbocycles. The molecule has 2 aromatic rings. The van der Waals surface area contributed by atoms with Crippen LogP contribution in [-0.4, -0.2) is 24.2 Å². The van der Waals surface area contributed by atoms with Gasteiger partial charge in [0, 0.05) is 24.0 Å². The van der Waals surface area contributed by atoms with Crippen molar-refractivity contribution in [3.05, 3.63) is 29.1 Å². The molecule has 1 aliphatic carbocycles. The van der Waals surface area contributed by atoms with Gasteiger partial charge >= 0.3 is 0 Å². The molecule has 2 heterocycles. The summed E-state index contributed by atoms with van der Waals surface area (Å²) in [6.45, 7) is 1.42. The molecule has 6 heteroatoms. The zero-order chi connectivity index (χ0) is 15.8. The molecule has 0 amide bonds. The van der Waals surface area contributed by atoms with Crippen LogP contribution in [0.15, 0.2) is 17.5 Å². The summed E-state index contributed by atoms with van der Waals surface area (Å²) in [6.07, 6.45) is 5.52. The number of aromatic nitrogens is 1. The summed E-state index contributed by atoms with van der Waals surface area (Å²) < 4.78 is 34.5. The van der Waals surface area contributed by atoms with Crippen LogP contribution in [0.4, 0.5) is 14.5 Å². The first kappa shape index (κ1) is 14.9. The van der Waals surface area contributed by atoms with E-state index < -0.39 is 11.6 Å². The Morgan fingerprint density at radius 2 is 1.78 bits per heavy atom. The molecule has 1 aromatic carbocycles. The summed E-state index contributed by atoms with van der Waals surface area (Å²) in [4.78, 5) is 6.14. The molecule has 3 nitrogen and oxygen atoms in total. The third-order valence-corrected chi connectivity index (χ3v) is 5.27. The summed E-state index contributed by atoms with van der Waals surface area (Å²) in [5, 5.41) is 2.37. The van der Waals surface area contributed by atoms with E-state index in [-0.39, 0.29) is 11.8 Å². The Hall–Kier alpha value is -1.69. The van der Waals surface area contributed by atoms with Crippen LogP contribution in [0.1, 0.15) is 32.1 Å². The first-order valence-electron chi connectivity index (χ1n) is 8.07. The lowest BCUT2D eigenvalue weighted by atomic mass is 9.96. The average molecular weight is 336 g/mol. The average Bonchev–Trinajstić information content (AvgIpc) is 3.14. The lowest BCUT2D eigenvalue weighted by Gasteiger charge is -2.24. The van der Waals surface area contributed by atoms with Gasteiger partial charge in [-0.25, -0.2) is 13.8 Å². The molecule has 4 rings (SSSR count). The van der Waals surface area contributed by atoms with Gasteiger partial charge in [0.05, 0.1) is 5.69 Å². The van der Waals surface area contributed by atoms with Crippen molar-refractivity contribution in [2.24, 2.45) is 0 Å². The molecule has 122 valence electrons. The van der Waals surface area contributed by atoms with Gasteiger partial charge in [-0.1, -0.05) is 11.3 Å². The summed E-state index contributed by atoms with van der Waals surface area (Å²) in [5.41, 5.74) is 1.12. The third-order valence-electron chi connectivity index (χ3n) is 4.54. The maximum absolute atomic E-state index is 14.4. The molecule has 0 unspecified atom stereocenters. The van der Waals surface area contributed by atoms with E-state index in [2.05, 4.69) is 4.98 Å². The summed E-state index contributed by atoms with van der Waals surface area (Å²) in [6, 6.07) is 2.75. The molecule has 0 N–H and O–H groups in total. The summed E-state index contributed by atoms with van der Waals surface area (Å²) in [7, 11) is 0. The lowest BCUT2D eigenvalue weighted by molar-refractivity contribution is 0.120. The maximum atomic E-state index is 14.4. The Morgan fingerprint density at radius 3 is 2.39 bits per heavy atom. The van der Waals surface area contributed by atoms with Crippen LogP contribution < -0.4 is 9.64 Å². The van der Waals surface area contributed by atoms with Crippen molar-refractivity contribution >= 4 is 17.0 Å². The van der Waals surface area contributed by atoms with Gasteiger partial charge in [0.1, 0.15) is 23.4 Å². The first-order valence-corrected chi connectivity index (χ1v) is 8.95. The third kappa shape index (κ3) is 2.92. The number of rotatable bonds is 4. The normalized spacial score (nSPS) is 18.3. The van der Waals surface area contributed by atoms with Crippen LogP contribution >= 0.6 is 11.3 Å². The zero-order valence-corrected chi connectivity index (χ0v) is 13.5. The van der Waals surface area contributed by atoms with Crippen molar-refractivity contribution in [1.29, 1.82) is 0 Å². The Kier molecular flexibility index (Phi) is 3.93. The SMILES string of the molecule is Fc1cc(-c2csc(OC3CCC3)n2)cc(F)c1N1CCCC1. The number of ether oxygens (including phenoxy) is 1. The minimum Gasteiger partial charge on any atom is -0.467 e. The van der Waals surface area contributed by atoms with Crippen molar-refractivity contribution in [3.8, 4) is 16.5 Å². The molecule has 0 radical (unpaired) electrons. The minimum absolute atomic E-state index is 0.0902. The summed E-state index contributed by atoms with van der Waals surface area (Å²) in [5.74, 6) is -1.03. The van der Waals surface area contributed by atoms with E-state index in [1.165, 1.54) is 29.9 Å². The van der Waals surface area contributed by atoms with Gasteiger partial charge in [0.15, 0.2) is 0 Å². The standard InChI is InChI=1S/C17H18F2N2OS/c18-13-8-11(9-14(19)16(13)21-6-1-2-7-21)15-10-23-17(20-15)22-12-4-3-5-12/h8-10,12H,1-7H2. The van der Waals surface area contributed by atoms with Crippen LogP contribution in [0.5, 0.6) is 5.19 Å². The van der Waals surface area contributed by atoms with Gasteiger partial charge < -0.3 is 9.64 Å². The highest BCUT2D eigenvalue weighted by Crippen LogP contribution is 2.34. The fraction of sp³-hybridized carbons (Fsp3) is 0.471. The number of benzene rings is 1. The molecule has 2 fully saturated rings. The number of halogens is 2. The number of nitrogens with zero attached hydrogens (tertiary/aromatic N) is 2. The molecular formula is C17H18F2N2OS. The monoisotopic (exact) mass is 336 g/mol. The lowest BCUT2D eigenvalue weighted by Crippen LogP contribution is -2.24. The molecule has 1 aliphatic heterocycles. The van der Waals surface area contributed by atoms with E-state index in [1.807, 2.05) is 0 Å². The Labute approximate surface area is 137 Å². The second-order valence-electron chi connectivity index (χ2n) is 6.15. The number of hydrogen-bond acceptors (Lipinski definition) is 4. The second kappa shape index (κ2) is 6.07. The zero-order valence-electron chi connectivity index (χ0n) is 12.7. The molecular weight excluding hydrogens is 318 g/mol. The van der Waals surface area contributed by atoms with Gasteiger partial charge in [0.25, 0.3) is 5.19 Å². The van der Waals surface area contributed by atoms with E-state index in [0.717, 1.165) is 25.7 Å².